The van der Waals surface area contributed by atoms with Crippen molar-refractivity contribution in [3.05, 3.63) is 64.2 Å². The molecule has 2 N–H and O–H groups in total. The van der Waals surface area contributed by atoms with E-state index in [1.165, 1.54) is 13.1 Å². The highest BCUT2D eigenvalue weighted by Crippen LogP contribution is 2.22. The first-order valence-corrected chi connectivity index (χ1v) is 9.27. The van der Waals surface area contributed by atoms with Crippen molar-refractivity contribution in [1.29, 1.82) is 0 Å². The van der Waals surface area contributed by atoms with Gasteiger partial charge in [-0.2, -0.15) is 4.72 Å². The molecule has 0 aliphatic rings. The first kappa shape index (κ1) is 19.0. The third kappa shape index (κ3) is 4.60. The van der Waals surface area contributed by atoms with Crippen LogP contribution in [0.1, 0.15) is 21.5 Å². The molecule has 0 aliphatic carbocycles. The average molecular weight is 377 g/mol. The lowest BCUT2D eigenvalue weighted by atomic mass is 10.1. The Labute approximate surface area is 152 Å². The summed E-state index contributed by atoms with van der Waals surface area (Å²) in [5, 5.41) is 2.92. The largest absolute Gasteiger partial charge is 0.355 e. The number of sulfonamides is 1. The Morgan fingerprint density at radius 3 is 2.60 bits per heavy atom. The van der Waals surface area contributed by atoms with Crippen molar-refractivity contribution >= 4 is 27.5 Å². The molecule has 130 valence electrons. The summed E-state index contributed by atoms with van der Waals surface area (Å²) in [6.45, 7) is 1.55. The van der Waals surface area contributed by atoms with Crippen molar-refractivity contribution in [3.8, 4) is 11.8 Å². The van der Waals surface area contributed by atoms with E-state index in [1.54, 1.807) is 43.3 Å². The van der Waals surface area contributed by atoms with Crippen LogP contribution >= 0.6 is 11.6 Å². The van der Waals surface area contributed by atoms with Gasteiger partial charge in [-0.15, -0.1) is 0 Å². The number of halogens is 1. The first-order chi connectivity index (χ1) is 11.9. The van der Waals surface area contributed by atoms with Crippen molar-refractivity contribution < 1.29 is 13.2 Å². The highest BCUT2D eigenvalue weighted by Gasteiger charge is 2.17. The monoisotopic (exact) mass is 376 g/mol. The van der Waals surface area contributed by atoms with Crippen LogP contribution in [0.4, 0.5) is 0 Å². The second kappa shape index (κ2) is 8.17. The Morgan fingerprint density at radius 1 is 1.16 bits per heavy atom. The highest BCUT2D eigenvalue weighted by molar-refractivity contribution is 7.89. The summed E-state index contributed by atoms with van der Waals surface area (Å²) in [7, 11) is -2.18. The molecule has 0 saturated carbocycles. The van der Waals surface area contributed by atoms with Gasteiger partial charge in [0.2, 0.25) is 10.0 Å². The predicted octanol–water partition coefficient (Wildman–Crippen LogP) is 2.34. The van der Waals surface area contributed by atoms with Crippen LogP contribution in [0.5, 0.6) is 0 Å². The van der Waals surface area contributed by atoms with Gasteiger partial charge in [-0.25, -0.2) is 8.42 Å². The number of carbonyl (C=O) groups is 1. The molecule has 0 radical (unpaired) electrons. The Morgan fingerprint density at radius 2 is 1.88 bits per heavy atom. The average Bonchev–Trinajstić information content (AvgIpc) is 2.60. The molecular formula is C18H17ClN2O3S. The van der Waals surface area contributed by atoms with E-state index in [2.05, 4.69) is 21.9 Å². The summed E-state index contributed by atoms with van der Waals surface area (Å²) < 4.78 is 27.1. The molecule has 0 heterocycles. The van der Waals surface area contributed by atoms with Crippen LogP contribution in [0.2, 0.25) is 5.02 Å². The molecule has 7 heteroatoms. The van der Waals surface area contributed by atoms with Gasteiger partial charge in [-0.05, 0) is 36.8 Å². The number of amides is 1. The van der Waals surface area contributed by atoms with E-state index in [0.717, 1.165) is 0 Å². The van der Waals surface area contributed by atoms with Crippen molar-refractivity contribution in [2.75, 3.05) is 13.6 Å². The number of hydrogen-bond donors (Lipinski definition) is 2. The summed E-state index contributed by atoms with van der Waals surface area (Å²) >= 11 is 5.96. The zero-order valence-corrected chi connectivity index (χ0v) is 15.3. The number of carbonyl (C=O) groups excluding carboxylic acids is 1. The van der Waals surface area contributed by atoms with Gasteiger partial charge in [0.15, 0.2) is 0 Å². The van der Waals surface area contributed by atoms with E-state index in [4.69, 9.17) is 11.6 Å². The second-order valence-electron chi connectivity index (χ2n) is 5.11. The maximum atomic E-state index is 12.3. The maximum Gasteiger partial charge on any atom is 0.252 e. The molecule has 0 atom stereocenters. The Hall–Kier alpha value is -2.33. The lowest BCUT2D eigenvalue weighted by Gasteiger charge is -2.08. The second-order valence-corrected chi connectivity index (χ2v) is 7.26. The van der Waals surface area contributed by atoms with Crippen molar-refractivity contribution in [2.45, 2.75) is 11.8 Å². The van der Waals surface area contributed by atoms with Crippen LogP contribution in [0, 0.1) is 18.8 Å². The minimum absolute atomic E-state index is 0.0869. The maximum absolute atomic E-state index is 12.3. The van der Waals surface area contributed by atoms with E-state index in [-0.39, 0.29) is 17.3 Å². The minimum Gasteiger partial charge on any atom is -0.355 e. The molecule has 0 aromatic heterocycles. The summed E-state index contributed by atoms with van der Waals surface area (Å²) in [6, 6.07) is 11.5. The molecule has 1 amide bonds. The van der Waals surface area contributed by atoms with Gasteiger partial charge in [0.25, 0.3) is 5.91 Å². The van der Waals surface area contributed by atoms with E-state index >= 15 is 0 Å². The summed E-state index contributed by atoms with van der Waals surface area (Å²) in [5.74, 6) is 5.29. The molecule has 2 rings (SSSR count). The van der Waals surface area contributed by atoms with E-state index in [1.807, 2.05) is 0 Å². The molecule has 25 heavy (non-hydrogen) atoms. The van der Waals surface area contributed by atoms with E-state index < -0.39 is 10.0 Å². The number of nitrogens with one attached hydrogen (secondary N) is 2. The molecule has 0 spiro atoms. The van der Waals surface area contributed by atoms with Gasteiger partial charge < -0.3 is 5.32 Å². The lowest BCUT2D eigenvalue weighted by Crippen LogP contribution is -2.24. The summed E-state index contributed by atoms with van der Waals surface area (Å²) in [6.07, 6.45) is 0. The van der Waals surface area contributed by atoms with Crippen molar-refractivity contribution in [3.63, 3.8) is 0 Å². The van der Waals surface area contributed by atoms with Crippen LogP contribution < -0.4 is 10.0 Å². The van der Waals surface area contributed by atoms with Crippen LogP contribution in [-0.4, -0.2) is 27.9 Å². The van der Waals surface area contributed by atoms with Crippen molar-refractivity contribution in [2.24, 2.45) is 0 Å². The standard InChI is InChI=1S/C18H17ClN2O3S/c1-13-16(19)10-5-11-17(13)25(23,24)21-12-6-8-14-7-3-4-9-15(14)18(22)20-2/h3-5,7,9-11,21H,12H2,1-2H3,(H,20,22). The van der Waals surface area contributed by atoms with Gasteiger partial charge in [-0.1, -0.05) is 41.6 Å². The van der Waals surface area contributed by atoms with E-state index in [0.29, 0.717) is 21.7 Å². The predicted molar refractivity (Wildman–Crippen MR) is 98.1 cm³/mol. The number of rotatable bonds is 4. The van der Waals surface area contributed by atoms with Gasteiger partial charge in [0.05, 0.1) is 17.0 Å². The van der Waals surface area contributed by atoms with Gasteiger partial charge in [0.1, 0.15) is 0 Å². The Bertz CT molecular complexity index is 960. The zero-order chi connectivity index (χ0) is 18.4. The van der Waals surface area contributed by atoms with Crippen molar-refractivity contribution in [1.82, 2.24) is 10.0 Å². The molecule has 0 bridgehead atoms. The fourth-order valence-electron chi connectivity index (χ4n) is 2.15. The van der Waals surface area contributed by atoms with E-state index in [9.17, 15) is 13.2 Å². The fraction of sp³-hybridized carbons (Fsp3) is 0.167. The Balaban J connectivity index is 2.16. The molecule has 0 unspecified atom stereocenters. The number of benzene rings is 2. The number of hydrogen-bond acceptors (Lipinski definition) is 3. The third-order valence-electron chi connectivity index (χ3n) is 3.48. The van der Waals surface area contributed by atoms with Gasteiger partial charge in [0, 0.05) is 17.6 Å². The quantitative estimate of drug-likeness (QED) is 0.804. The third-order valence-corrected chi connectivity index (χ3v) is 5.44. The molecule has 5 nitrogen and oxygen atoms in total. The lowest BCUT2D eigenvalue weighted by molar-refractivity contribution is 0.0963. The Kier molecular flexibility index (Phi) is 6.21. The summed E-state index contributed by atoms with van der Waals surface area (Å²) in [4.78, 5) is 11.9. The molecule has 0 aliphatic heterocycles. The topological polar surface area (TPSA) is 75.3 Å². The minimum atomic E-state index is -3.72. The zero-order valence-electron chi connectivity index (χ0n) is 13.8. The fourth-order valence-corrected chi connectivity index (χ4v) is 3.57. The normalized spacial score (nSPS) is 10.7. The molecule has 0 saturated heterocycles. The molecule has 0 fully saturated rings. The van der Waals surface area contributed by atoms with Crippen LogP contribution in [0.15, 0.2) is 47.4 Å². The molecular weight excluding hydrogens is 360 g/mol. The SMILES string of the molecule is CNC(=O)c1ccccc1C#CCNS(=O)(=O)c1cccc(Cl)c1C. The highest BCUT2D eigenvalue weighted by atomic mass is 35.5. The van der Waals surface area contributed by atoms with Gasteiger partial charge >= 0.3 is 0 Å². The smallest absolute Gasteiger partial charge is 0.252 e. The molecule has 2 aromatic carbocycles. The summed E-state index contributed by atoms with van der Waals surface area (Å²) in [5.41, 5.74) is 1.45. The first-order valence-electron chi connectivity index (χ1n) is 7.41. The van der Waals surface area contributed by atoms with Crippen LogP contribution in [-0.2, 0) is 10.0 Å². The van der Waals surface area contributed by atoms with Crippen LogP contribution in [0.3, 0.4) is 0 Å². The van der Waals surface area contributed by atoms with Crippen LogP contribution in [0.25, 0.3) is 0 Å². The molecule has 2 aromatic rings. The van der Waals surface area contributed by atoms with Gasteiger partial charge in [-0.3, -0.25) is 4.79 Å².